The molecule has 32 heavy (non-hydrogen) atoms. The number of anilines is 1. The number of halogens is 1. The SMILES string of the molecule is Cc1cc(-c2cnc3c(c2)c(Br)c(C(C)(C)C)n3C(=O)O)cc(C)c1N1CCN(C)CC1. The fourth-order valence-corrected chi connectivity index (χ4v) is 5.85. The normalized spacial score (nSPS) is 15.5. The quantitative estimate of drug-likeness (QED) is 0.493. The van der Waals surface area contributed by atoms with Crippen LogP contribution in [-0.4, -0.2) is 58.9 Å². The monoisotopic (exact) mass is 498 g/mol. The summed E-state index contributed by atoms with van der Waals surface area (Å²) in [6.07, 6.45) is 0.763. The molecular formula is C25H31BrN4O2. The number of hydrogen-bond donors (Lipinski definition) is 1. The van der Waals surface area contributed by atoms with Crippen molar-refractivity contribution < 1.29 is 9.90 Å². The van der Waals surface area contributed by atoms with Gasteiger partial charge >= 0.3 is 6.09 Å². The van der Waals surface area contributed by atoms with Crippen LogP contribution in [0.4, 0.5) is 10.5 Å². The van der Waals surface area contributed by atoms with Crippen LogP contribution in [0, 0.1) is 13.8 Å². The van der Waals surface area contributed by atoms with Crippen molar-refractivity contribution in [2.45, 2.75) is 40.0 Å². The van der Waals surface area contributed by atoms with Gasteiger partial charge in [-0.05, 0) is 71.7 Å². The fraction of sp³-hybridized carbons (Fsp3) is 0.440. The van der Waals surface area contributed by atoms with Crippen molar-refractivity contribution in [2.75, 3.05) is 38.1 Å². The van der Waals surface area contributed by atoms with Crippen molar-refractivity contribution in [2.24, 2.45) is 0 Å². The standard InChI is InChI=1S/C25H31BrN4O2/c1-15-11-17(12-16(2)21(15)29-9-7-28(6)8-10-29)18-13-19-20(26)22(25(3,4)5)30(24(31)32)23(19)27-14-18/h11-14H,7-10H2,1-6H3,(H,31,32). The van der Waals surface area contributed by atoms with Gasteiger partial charge in [-0.2, -0.15) is 0 Å². The molecule has 0 saturated carbocycles. The van der Waals surface area contributed by atoms with Crippen molar-refractivity contribution in [3.05, 3.63) is 45.7 Å². The average Bonchev–Trinajstić information content (AvgIpc) is 3.01. The Bertz CT molecular complexity index is 1180. The minimum Gasteiger partial charge on any atom is -0.464 e. The number of piperazine rings is 1. The molecule has 170 valence electrons. The summed E-state index contributed by atoms with van der Waals surface area (Å²) in [5.74, 6) is 0. The second kappa shape index (κ2) is 8.19. The molecule has 0 atom stereocenters. The Morgan fingerprint density at radius 3 is 2.16 bits per heavy atom. The van der Waals surface area contributed by atoms with Crippen LogP contribution in [0.1, 0.15) is 37.6 Å². The molecular weight excluding hydrogens is 468 g/mol. The lowest BCUT2D eigenvalue weighted by Gasteiger charge is -2.36. The number of nitrogens with zero attached hydrogens (tertiary/aromatic N) is 4. The van der Waals surface area contributed by atoms with Crippen LogP contribution in [0.15, 0.2) is 28.9 Å². The maximum Gasteiger partial charge on any atom is 0.417 e. The van der Waals surface area contributed by atoms with E-state index in [4.69, 9.17) is 0 Å². The molecule has 0 aliphatic carbocycles. The molecule has 2 aromatic heterocycles. The zero-order valence-electron chi connectivity index (χ0n) is 19.7. The lowest BCUT2D eigenvalue weighted by molar-refractivity contribution is 0.195. The number of carbonyl (C=O) groups is 1. The first-order valence-electron chi connectivity index (χ1n) is 11.0. The summed E-state index contributed by atoms with van der Waals surface area (Å²) in [5, 5.41) is 10.7. The van der Waals surface area contributed by atoms with Crippen LogP contribution in [0.2, 0.25) is 0 Å². The molecule has 1 aliphatic heterocycles. The minimum absolute atomic E-state index is 0.352. The third-order valence-electron chi connectivity index (χ3n) is 6.29. The van der Waals surface area contributed by atoms with Crippen LogP contribution in [0.25, 0.3) is 22.2 Å². The lowest BCUT2D eigenvalue weighted by atomic mass is 9.92. The van der Waals surface area contributed by atoms with E-state index in [0.29, 0.717) is 11.3 Å². The number of benzene rings is 1. The second-order valence-electron chi connectivity index (χ2n) is 9.87. The fourth-order valence-electron chi connectivity index (χ4n) is 4.79. The molecule has 6 nitrogen and oxygen atoms in total. The molecule has 1 aliphatic rings. The van der Waals surface area contributed by atoms with E-state index < -0.39 is 6.09 Å². The third kappa shape index (κ3) is 3.92. The van der Waals surface area contributed by atoms with Crippen molar-refractivity contribution in [3.63, 3.8) is 0 Å². The van der Waals surface area contributed by atoms with Gasteiger partial charge in [0.05, 0.1) is 5.69 Å². The number of aromatic nitrogens is 2. The van der Waals surface area contributed by atoms with Crippen molar-refractivity contribution in [1.29, 1.82) is 0 Å². The molecule has 1 N–H and O–H groups in total. The number of likely N-dealkylation sites (N-methyl/N-ethyl adjacent to an activating group) is 1. The van der Waals surface area contributed by atoms with Gasteiger partial charge in [0.2, 0.25) is 0 Å². The maximum atomic E-state index is 12.0. The summed E-state index contributed by atoms with van der Waals surface area (Å²) in [6, 6.07) is 6.48. The van der Waals surface area contributed by atoms with E-state index in [1.807, 2.05) is 26.8 Å². The topological polar surface area (TPSA) is 61.6 Å². The van der Waals surface area contributed by atoms with Gasteiger partial charge in [0, 0.05) is 58.9 Å². The maximum absolute atomic E-state index is 12.0. The summed E-state index contributed by atoms with van der Waals surface area (Å²) in [6.45, 7) is 14.6. The van der Waals surface area contributed by atoms with E-state index in [1.54, 1.807) is 6.20 Å². The second-order valence-corrected chi connectivity index (χ2v) is 10.7. The van der Waals surface area contributed by atoms with E-state index in [1.165, 1.54) is 21.4 Å². The highest BCUT2D eigenvalue weighted by molar-refractivity contribution is 9.10. The molecule has 1 fully saturated rings. The molecule has 0 amide bonds. The molecule has 0 radical (unpaired) electrons. The summed E-state index contributed by atoms with van der Waals surface area (Å²) in [5.41, 5.74) is 6.73. The Kier molecular flexibility index (Phi) is 5.84. The third-order valence-corrected chi connectivity index (χ3v) is 7.09. The molecule has 7 heteroatoms. The van der Waals surface area contributed by atoms with Crippen LogP contribution >= 0.6 is 15.9 Å². The van der Waals surface area contributed by atoms with Gasteiger partial charge < -0.3 is 14.9 Å². The molecule has 3 aromatic rings. The highest BCUT2D eigenvalue weighted by Crippen LogP contribution is 2.39. The number of rotatable bonds is 2. The summed E-state index contributed by atoms with van der Waals surface area (Å²) in [7, 11) is 2.17. The van der Waals surface area contributed by atoms with E-state index in [0.717, 1.165) is 47.2 Å². The zero-order valence-corrected chi connectivity index (χ0v) is 21.2. The van der Waals surface area contributed by atoms with Crippen LogP contribution < -0.4 is 4.90 Å². The van der Waals surface area contributed by atoms with Crippen LogP contribution in [-0.2, 0) is 5.41 Å². The highest BCUT2D eigenvalue weighted by Gasteiger charge is 2.29. The smallest absolute Gasteiger partial charge is 0.417 e. The van der Waals surface area contributed by atoms with Gasteiger partial charge in [-0.25, -0.2) is 14.3 Å². The summed E-state index contributed by atoms with van der Waals surface area (Å²) < 4.78 is 2.09. The molecule has 1 saturated heterocycles. The molecule has 1 aromatic carbocycles. The summed E-state index contributed by atoms with van der Waals surface area (Å²) in [4.78, 5) is 21.5. The molecule has 0 unspecified atom stereocenters. The van der Waals surface area contributed by atoms with E-state index in [2.05, 4.69) is 63.7 Å². The van der Waals surface area contributed by atoms with Crippen molar-refractivity contribution in [1.82, 2.24) is 14.5 Å². The largest absolute Gasteiger partial charge is 0.464 e. The first kappa shape index (κ1) is 22.8. The van der Waals surface area contributed by atoms with Gasteiger partial charge in [-0.3, -0.25) is 0 Å². The molecule has 4 rings (SSSR count). The molecule has 3 heterocycles. The predicted octanol–water partition coefficient (Wildman–Crippen LogP) is 5.66. The Morgan fingerprint density at radius 2 is 1.62 bits per heavy atom. The van der Waals surface area contributed by atoms with Gasteiger partial charge in [-0.1, -0.05) is 20.8 Å². The van der Waals surface area contributed by atoms with E-state index in [-0.39, 0.29) is 5.41 Å². The highest BCUT2D eigenvalue weighted by atomic mass is 79.9. The average molecular weight is 499 g/mol. The Labute approximate surface area is 198 Å². The number of pyridine rings is 1. The van der Waals surface area contributed by atoms with Gasteiger partial charge in [0.25, 0.3) is 0 Å². The van der Waals surface area contributed by atoms with Crippen LogP contribution in [0.5, 0.6) is 0 Å². The lowest BCUT2D eigenvalue weighted by Crippen LogP contribution is -2.45. The Hall–Kier alpha value is -2.38. The Balaban J connectivity index is 1.81. The number of carboxylic acid groups (broad SMARTS) is 1. The predicted molar refractivity (Wildman–Crippen MR) is 134 cm³/mol. The van der Waals surface area contributed by atoms with Crippen molar-refractivity contribution >= 4 is 38.7 Å². The van der Waals surface area contributed by atoms with Gasteiger partial charge in [0.1, 0.15) is 0 Å². The molecule has 0 spiro atoms. The van der Waals surface area contributed by atoms with Gasteiger partial charge in [0.15, 0.2) is 5.65 Å². The van der Waals surface area contributed by atoms with Gasteiger partial charge in [-0.15, -0.1) is 0 Å². The first-order valence-corrected chi connectivity index (χ1v) is 11.8. The van der Waals surface area contributed by atoms with Crippen molar-refractivity contribution in [3.8, 4) is 11.1 Å². The molecule has 0 bridgehead atoms. The minimum atomic E-state index is -1.02. The number of fused-ring (bicyclic) bond motifs is 1. The Morgan fingerprint density at radius 1 is 1.03 bits per heavy atom. The van der Waals surface area contributed by atoms with Crippen LogP contribution in [0.3, 0.4) is 0 Å². The van der Waals surface area contributed by atoms with E-state index in [9.17, 15) is 9.90 Å². The van der Waals surface area contributed by atoms with E-state index >= 15 is 0 Å². The zero-order chi connectivity index (χ0) is 23.4. The number of hydrogen-bond acceptors (Lipinski definition) is 4. The summed E-state index contributed by atoms with van der Waals surface area (Å²) >= 11 is 3.68. The first-order chi connectivity index (χ1) is 15.0. The number of aryl methyl sites for hydroxylation is 2.